The maximum Gasteiger partial charge on any atom is 0.252 e. The summed E-state index contributed by atoms with van der Waals surface area (Å²) in [6.07, 6.45) is 2.56. The van der Waals surface area contributed by atoms with E-state index in [9.17, 15) is 8.42 Å². The maximum atomic E-state index is 11.4. The Morgan fingerprint density at radius 3 is 2.62 bits per heavy atom. The lowest BCUT2D eigenvalue weighted by Crippen LogP contribution is -2.14. The lowest BCUT2D eigenvalue weighted by atomic mass is 10.3. The van der Waals surface area contributed by atoms with Crippen LogP contribution in [-0.2, 0) is 17.1 Å². The first-order valence-corrected chi connectivity index (χ1v) is 6.16. The van der Waals surface area contributed by atoms with E-state index >= 15 is 0 Å². The molecule has 2 N–H and O–H groups in total. The van der Waals surface area contributed by atoms with Gasteiger partial charge >= 0.3 is 0 Å². The summed E-state index contributed by atoms with van der Waals surface area (Å²) in [6, 6.07) is 1.64. The van der Waals surface area contributed by atoms with Gasteiger partial charge in [-0.1, -0.05) is 0 Å². The van der Waals surface area contributed by atoms with Gasteiger partial charge in [0.25, 0.3) is 10.0 Å². The minimum atomic E-state index is -3.53. The Morgan fingerprint density at radius 2 is 2.12 bits per heavy atom. The van der Waals surface area contributed by atoms with Gasteiger partial charge in [-0.2, -0.15) is 5.10 Å². The van der Waals surface area contributed by atoms with Crippen LogP contribution in [0.4, 0.5) is 5.82 Å². The van der Waals surface area contributed by atoms with Crippen LogP contribution >= 0.6 is 0 Å². The zero-order valence-corrected chi connectivity index (χ0v) is 9.51. The van der Waals surface area contributed by atoms with Crippen LogP contribution in [0.2, 0.25) is 0 Å². The molecule has 0 spiro atoms. The molecule has 2 heterocycles. The minimum Gasteiger partial charge on any atom is -0.380 e. The van der Waals surface area contributed by atoms with Crippen LogP contribution in [0.1, 0.15) is 0 Å². The Kier molecular flexibility index (Phi) is 2.19. The molecule has 0 bridgehead atoms. The molecule has 16 heavy (non-hydrogen) atoms. The number of nitrogens with zero attached hydrogens (tertiary/aromatic N) is 5. The second-order valence-electron chi connectivity index (χ2n) is 3.27. The predicted octanol–water partition coefficient (Wildman–Crippen LogP) is -0.932. The van der Waals surface area contributed by atoms with Crippen LogP contribution in [0.3, 0.4) is 0 Å². The molecule has 0 aliphatic rings. The van der Waals surface area contributed by atoms with Crippen LogP contribution in [0, 0.1) is 0 Å². The summed E-state index contributed by atoms with van der Waals surface area (Å²) >= 11 is 0. The van der Waals surface area contributed by atoms with Crippen molar-refractivity contribution in [3.05, 3.63) is 12.3 Å². The monoisotopic (exact) mass is 242 g/mol. The number of rotatable bonds is 2. The quantitative estimate of drug-likeness (QED) is 0.728. The first-order valence-electron chi connectivity index (χ1n) is 4.31. The van der Waals surface area contributed by atoms with Crippen molar-refractivity contribution < 1.29 is 8.42 Å². The lowest BCUT2D eigenvalue weighted by molar-refractivity contribution is 0.584. The molecule has 0 atom stereocenters. The molecule has 86 valence electrons. The van der Waals surface area contributed by atoms with E-state index < -0.39 is 10.0 Å². The maximum absolute atomic E-state index is 11.4. The molecule has 0 aliphatic carbocycles. The van der Waals surface area contributed by atoms with Crippen molar-refractivity contribution in [2.75, 3.05) is 12.0 Å². The first kappa shape index (κ1) is 10.6. The van der Waals surface area contributed by atoms with Crippen LogP contribution in [0.25, 0.3) is 11.4 Å². The fourth-order valence-corrected chi connectivity index (χ4v) is 2.03. The van der Waals surface area contributed by atoms with Crippen LogP contribution in [-0.4, -0.2) is 38.9 Å². The number of aromatic nitrogens is 5. The van der Waals surface area contributed by atoms with E-state index in [1.807, 2.05) is 0 Å². The second kappa shape index (κ2) is 3.30. The SMILES string of the molecule is Cn1nccc1-c1c(N)nnn1S(C)(=O)=O. The van der Waals surface area contributed by atoms with E-state index in [0.717, 1.165) is 10.3 Å². The Morgan fingerprint density at radius 1 is 1.44 bits per heavy atom. The molecule has 0 unspecified atom stereocenters. The first-order chi connectivity index (χ1) is 7.41. The van der Waals surface area contributed by atoms with E-state index in [2.05, 4.69) is 15.4 Å². The van der Waals surface area contributed by atoms with Crippen LogP contribution in [0.5, 0.6) is 0 Å². The number of nitrogen functional groups attached to an aromatic ring is 1. The van der Waals surface area contributed by atoms with Crippen molar-refractivity contribution in [3.8, 4) is 11.4 Å². The second-order valence-corrected chi connectivity index (χ2v) is 5.08. The van der Waals surface area contributed by atoms with Gasteiger partial charge < -0.3 is 5.73 Å². The third-order valence-corrected chi connectivity index (χ3v) is 2.93. The van der Waals surface area contributed by atoms with Gasteiger partial charge in [-0.15, -0.1) is 9.19 Å². The summed E-state index contributed by atoms with van der Waals surface area (Å²) < 4.78 is 25.2. The lowest BCUT2D eigenvalue weighted by Gasteiger charge is -2.04. The highest BCUT2D eigenvalue weighted by Gasteiger charge is 2.21. The summed E-state index contributed by atoms with van der Waals surface area (Å²) in [5.41, 5.74) is 6.36. The number of hydrogen-bond acceptors (Lipinski definition) is 6. The average Bonchev–Trinajstić information content (AvgIpc) is 2.70. The normalized spacial score (nSPS) is 11.9. The third-order valence-electron chi connectivity index (χ3n) is 2.05. The molecule has 2 aromatic rings. The molecule has 8 nitrogen and oxygen atoms in total. The smallest absolute Gasteiger partial charge is 0.252 e. The van der Waals surface area contributed by atoms with Gasteiger partial charge in [-0.25, -0.2) is 8.42 Å². The number of aryl methyl sites for hydroxylation is 1. The van der Waals surface area contributed by atoms with Gasteiger partial charge in [0.05, 0.1) is 11.9 Å². The highest BCUT2D eigenvalue weighted by atomic mass is 32.2. The van der Waals surface area contributed by atoms with E-state index in [1.165, 1.54) is 10.9 Å². The number of anilines is 1. The van der Waals surface area contributed by atoms with Crippen LogP contribution in [0.15, 0.2) is 12.3 Å². The zero-order valence-electron chi connectivity index (χ0n) is 8.69. The molecule has 2 rings (SSSR count). The third kappa shape index (κ3) is 1.54. The molecule has 0 radical (unpaired) electrons. The van der Waals surface area contributed by atoms with Crippen LogP contribution < -0.4 is 5.73 Å². The average molecular weight is 242 g/mol. The Hall–Kier alpha value is -1.90. The highest BCUT2D eigenvalue weighted by molar-refractivity contribution is 7.89. The Labute approximate surface area is 91.7 Å². The molecule has 0 saturated carbocycles. The number of nitrogens with two attached hydrogens (primary N) is 1. The van der Waals surface area contributed by atoms with Crippen molar-refractivity contribution in [1.82, 2.24) is 24.2 Å². The molecule has 2 aromatic heterocycles. The standard InChI is InChI=1S/C7H10N6O2S/c1-12-5(3-4-9-12)6-7(8)10-11-13(6)16(2,14)15/h3-4H,8H2,1-2H3. The van der Waals surface area contributed by atoms with Crippen molar-refractivity contribution in [2.45, 2.75) is 0 Å². The fraction of sp³-hybridized carbons (Fsp3) is 0.286. The van der Waals surface area contributed by atoms with E-state index in [-0.39, 0.29) is 11.5 Å². The van der Waals surface area contributed by atoms with Gasteiger partial charge in [0.15, 0.2) is 5.82 Å². The summed E-state index contributed by atoms with van der Waals surface area (Å²) in [5.74, 6) is 0.0500. The van der Waals surface area contributed by atoms with Gasteiger partial charge in [-0.05, 0) is 11.3 Å². The topological polar surface area (TPSA) is 109 Å². The van der Waals surface area contributed by atoms with Crippen molar-refractivity contribution in [1.29, 1.82) is 0 Å². The molecule has 0 aromatic carbocycles. The molecule has 0 fully saturated rings. The fourth-order valence-electron chi connectivity index (χ4n) is 1.35. The molecule has 0 saturated heterocycles. The molecule has 0 amide bonds. The zero-order chi connectivity index (χ0) is 11.9. The van der Waals surface area contributed by atoms with Crippen molar-refractivity contribution >= 4 is 15.8 Å². The van der Waals surface area contributed by atoms with Gasteiger partial charge in [0, 0.05) is 13.2 Å². The summed E-state index contributed by atoms with van der Waals surface area (Å²) in [6.45, 7) is 0. The van der Waals surface area contributed by atoms with Gasteiger partial charge in [-0.3, -0.25) is 4.68 Å². The summed E-state index contributed by atoms with van der Waals surface area (Å²) in [4.78, 5) is 0. The summed E-state index contributed by atoms with van der Waals surface area (Å²) in [5, 5.41) is 11.0. The molecular formula is C7H10N6O2S. The van der Waals surface area contributed by atoms with Gasteiger partial charge in [0.1, 0.15) is 5.69 Å². The van der Waals surface area contributed by atoms with E-state index in [4.69, 9.17) is 5.73 Å². The van der Waals surface area contributed by atoms with E-state index in [0.29, 0.717) is 5.69 Å². The van der Waals surface area contributed by atoms with Crippen molar-refractivity contribution in [3.63, 3.8) is 0 Å². The summed E-state index contributed by atoms with van der Waals surface area (Å²) in [7, 11) is -1.86. The number of hydrogen-bond donors (Lipinski definition) is 1. The minimum absolute atomic E-state index is 0.0500. The predicted molar refractivity (Wildman–Crippen MR) is 56.9 cm³/mol. The Balaban J connectivity index is 2.75. The molecule has 9 heteroatoms. The molecule has 0 aliphatic heterocycles. The van der Waals surface area contributed by atoms with Crippen molar-refractivity contribution in [2.24, 2.45) is 7.05 Å². The highest BCUT2D eigenvalue weighted by Crippen LogP contribution is 2.23. The van der Waals surface area contributed by atoms with E-state index in [1.54, 1.807) is 13.1 Å². The Bertz CT molecular complexity index is 625. The van der Waals surface area contributed by atoms with Gasteiger partial charge in [0.2, 0.25) is 0 Å². The largest absolute Gasteiger partial charge is 0.380 e. The molecular weight excluding hydrogens is 232 g/mol.